The number of amides is 1. The van der Waals surface area contributed by atoms with Crippen LogP contribution in [0.1, 0.15) is 29.8 Å². The Bertz CT molecular complexity index is 1040. The average molecular weight is 360 g/mol. The molecule has 4 rings (SSSR count). The van der Waals surface area contributed by atoms with Crippen LogP contribution in [0, 0.1) is 13.8 Å². The molecule has 0 aliphatic carbocycles. The fraction of sp³-hybridized carbons (Fsp3) is 0.200. The number of allylic oxidation sites excluding steroid dienone is 1. The number of anilines is 2. The molecule has 7 nitrogen and oxygen atoms in total. The number of carbonyl (C=O) groups excluding carboxylic acids is 1. The zero-order valence-corrected chi connectivity index (χ0v) is 15.4. The lowest BCUT2D eigenvalue weighted by Gasteiger charge is -2.28. The first-order chi connectivity index (χ1) is 13.1. The number of rotatable bonds is 3. The van der Waals surface area contributed by atoms with Gasteiger partial charge in [-0.1, -0.05) is 18.2 Å². The first-order valence-corrected chi connectivity index (χ1v) is 8.72. The van der Waals surface area contributed by atoms with E-state index in [4.69, 9.17) is 0 Å². The maximum Gasteiger partial charge on any atom is 0.255 e. The Morgan fingerprint density at radius 3 is 2.74 bits per heavy atom. The Hall–Kier alpha value is -3.48. The number of carbonyl (C=O) groups is 1. The summed E-state index contributed by atoms with van der Waals surface area (Å²) >= 11 is 0. The summed E-state index contributed by atoms with van der Waals surface area (Å²) in [7, 11) is 0. The standard InChI is InChI=1S/C20H20N6O/c1-12-7-6-9-15(13(12)2)25-19(27)17-14(3)24-20-22-11-23-26(20)18(17)16-8-4-5-10-21-16/h4-11,18H,1-3H3,(H,25,27)(H,22,23,24). The van der Waals surface area contributed by atoms with Gasteiger partial charge in [-0.25, -0.2) is 4.68 Å². The van der Waals surface area contributed by atoms with E-state index < -0.39 is 6.04 Å². The number of nitrogens with one attached hydrogen (secondary N) is 2. The minimum Gasteiger partial charge on any atom is -0.328 e. The molecule has 1 aliphatic heterocycles. The summed E-state index contributed by atoms with van der Waals surface area (Å²) in [6, 6.07) is 11.0. The quantitative estimate of drug-likeness (QED) is 0.749. The highest BCUT2D eigenvalue weighted by Gasteiger charge is 2.34. The number of fused-ring (bicyclic) bond motifs is 1. The van der Waals surface area contributed by atoms with Gasteiger partial charge in [0.15, 0.2) is 0 Å². The summed E-state index contributed by atoms with van der Waals surface area (Å²) in [5.74, 6) is 0.400. The Morgan fingerprint density at radius 1 is 1.11 bits per heavy atom. The number of hydrogen-bond donors (Lipinski definition) is 2. The van der Waals surface area contributed by atoms with Crippen molar-refractivity contribution in [1.29, 1.82) is 0 Å². The first kappa shape index (κ1) is 17.0. The molecule has 0 radical (unpaired) electrons. The topological polar surface area (TPSA) is 84.7 Å². The van der Waals surface area contributed by atoms with Gasteiger partial charge in [-0.05, 0) is 50.1 Å². The Balaban J connectivity index is 1.77. The minimum absolute atomic E-state index is 0.189. The summed E-state index contributed by atoms with van der Waals surface area (Å²) in [4.78, 5) is 21.9. The number of nitrogens with zero attached hydrogens (tertiary/aromatic N) is 4. The number of aromatic nitrogens is 4. The fourth-order valence-electron chi connectivity index (χ4n) is 3.27. The molecule has 1 aliphatic rings. The maximum absolute atomic E-state index is 13.3. The second kappa shape index (κ2) is 6.68. The summed E-state index contributed by atoms with van der Waals surface area (Å²) in [5, 5.41) is 10.5. The molecule has 2 aromatic heterocycles. The van der Waals surface area contributed by atoms with E-state index in [9.17, 15) is 4.79 Å². The van der Waals surface area contributed by atoms with Crippen LogP contribution in [0.2, 0.25) is 0 Å². The number of hydrogen-bond acceptors (Lipinski definition) is 5. The van der Waals surface area contributed by atoms with Gasteiger partial charge in [0.1, 0.15) is 12.4 Å². The van der Waals surface area contributed by atoms with Crippen molar-refractivity contribution in [3.8, 4) is 0 Å². The van der Waals surface area contributed by atoms with Gasteiger partial charge in [-0.2, -0.15) is 10.1 Å². The van der Waals surface area contributed by atoms with E-state index in [-0.39, 0.29) is 5.91 Å². The SMILES string of the molecule is CC1=C(C(=O)Nc2cccc(C)c2C)C(c2ccccn2)n2ncnc2N1. The molecule has 136 valence electrons. The van der Waals surface area contributed by atoms with E-state index in [1.807, 2.05) is 57.2 Å². The smallest absolute Gasteiger partial charge is 0.255 e. The molecular formula is C20H20N6O. The molecule has 0 saturated carbocycles. The van der Waals surface area contributed by atoms with Crippen molar-refractivity contribution in [3.63, 3.8) is 0 Å². The van der Waals surface area contributed by atoms with Crippen LogP contribution in [0.3, 0.4) is 0 Å². The fourth-order valence-corrected chi connectivity index (χ4v) is 3.27. The molecule has 3 aromatic rings. The summed E-state index contributed by atoms with van der Waals surface area (Å²) in [5.41, 5.74) is 4.99. The van der Waals surface area contributed by atoms with Crippen molar-refractivity contribution in [2.75, 3.05) is 10.6 Å². The Labute approximate surface area is 157 Å². The van der Waals surface area contributed by atoms with Crippen molar-refractivity contribution in [1.82, 2.24) is 19.7 Å². The summed E-state index contributed by atoms with van der Waals surface area (Å²) < 4.78 is 1.69. The van der Waals surface area contributed by atoms with Gasteiger partial charge in [0, 0.05) is 17.6 Å². The van der Waals surface area contributed by atoms with E-state index in [0.717, 1.165) is 28.2 Å². The van der Waals surface area contributed by atoms with Crippen LogP contribution in [-0.4, -0.2) is 25.7 Å². The summed E-state index contributed by atoms with van der Waals surface area (Å²) in [6.45, 7) is 5.89. The minimum atomic E-state index is -0.449. The molecular weight excluding hydrogens is 340 g/mol. The predicted octanol–water partition coefficient (Wildman–Crippen LogP) is 3.22. The molecule has 1 atom stereocenters. The van der Waals surface area contributed by atoms with Gasteiger partial charge < -0.3 is 10.6 Å². The van der Waals surface area contributed by atoms with E-state index >= 15 is 0 Å². The molecule has 27 heavy (non-hydrogen) atoms. The van der Waals surface area contributed by atoms with E-state index in [0.29, 0.717) is 11.5 Å². The molecule has 7 heteroatoms. The van der Waals surface area contributed by atoms with Crippen molar-refractivity contribution < 1.29 is 4.79 Å². The van der Waals surface area contributed by atoms with E-state index in [1.165, 1.54) is 6.33 Å². The molecule has 1 amide bonds. The van der Waals surface area contributed by atoms with Crippen LogP contribution in [-0.2, 0) is 4.79 Å². The van der Waals surface area contributed by atoms with Gasteiger partial charge in [0.25, 0.3) is 5.91 Å². The number of benzene rings is 1. The molecule has 3 heterocycles. The Morgan fingerprint density at radius 2 is 1.96 bits per heavy atom. The normalized spacial score (nSPS) is 15.9. The third-order valence-electron chi connectivity index (χ3n) is 4.86. The zero-order chi connectivity index (χ0) is 19.0. The van der Waals surface area contributed by atoms with Crippen LogP contribution in [0.5, 0.6) is 0 Å². The second-order valence-electron chi connectivity index (χ2n) is 6.55. The highest BCUT2D eigenvalue weighted by atomic mass is 16.1. The van der Waals surface area contributed by atoms with Crippen molar-refractivity contribution in [2.24, 2.45) is 0 Å². The number of aryl methyl sites for hydroxylation is 1. The van der Waals surface area contributed by atoms with E-state index in [2.05, 4.69) is 25.7 Å². The van der Waals surface area contributed by atoms with E-state index in [1.54, 1.807) is 10.9 Å². The first-order valence-electron chi connectivity index (χ1n) is 8.72. The highest BCUT2D eigenvalue weighted by molar-refractivity contribution is 6.06. The van der Waals surface area contributed by atoms with Crippen molar-refractivity contribution in [2.45, 2.75) is 26.8 Å². The third kappa shape index (κ3) is 2.97. The average Bonchev–Trinajstić information content (AvgIpc) is 3.13. The molecule has 2 N–H and O–H groups in total. The van der Waals surface area contributed by atoms with Crippen LogP contribution in [0.4, 0.5) is 11.6 Å². The third-order valence-corrected chi connectivity index (χ3v) is 4.86. The summed E-state index contributed by atoms with van der Waals surface area (Å²) in [6.07, 6.45) is 3.18. The lowest BCUT2D eigenvalue weighted by atomic mass is 9.98. The van der Waals surface area contributed by atoms with Crippen molar-refractivity contribution >= 4 is 17.5 Å². The highest BCUT2D eigenvalue weighted by Crippen LogP contribution is 2.34. The molecule has 0 bridgehead atoms. The van der Waals surface area contributed by atoms with Crippen LogP contribution in [0.15, 0.2) is 60.2 Å². The molecule has 1 aromatic carbocycles. The molecule has 0 spiro atoms. The second-order valence-corrected chi connectivity index (χ2v) is 6.55. The van der Waals surface area contributed by atoms with Crippen LogP contribution < -0.4 is 10.6 Å². The largest absolute Gasteiger partial charge is 0.328 e. The van der Waals surface area contributed by atoms with Gasteiger partial charge in [0.2, 0.25) is 5.95 Å². The predicted molar refractivity (Wildman–Crippen MR) is 103 cm³/mol. The van der Waals surface area contributed by atoms with Crippen LogP contribution >= 0.6 is 0 Å². The molecule has 1 unspecified atom stereocenters. The van der Waals surface area contributed by atoms with Crippen LogP contribution in [0.25, 0.3) is 0 Å². The van der Waals surface area contributed by atoms with Gasteiger partial charge in [-0.15, -0.1) is 0 Å². The van der Waals surface area contributed by atoms with Gasteiger partial charge >= 0.3 is 0 Å². The lowest BCUT2D eigenvalue weighted by molar-refractivity contribution is -0.113. The Kier molecular flexibility index (Phi) is 4.19. The molecule has 0 saturated heterocycles. The maximum atomic E-state index is 13.3. The lowest BCUT2D eigenvalue weighted by Crippen LogP contribution is -2.32. The number of pyridine rings is 1. The zero-order valence-electron chi connectivity index (χ0n) is 15.4. The van der Waals surface area contributed by atoms with Crippen molar-refractivity contribution in [3.05, 3.63) is 77.0 Å². The molecule has 0 fully saturated rings. The van der Waals surface area contributed by atoms with Gasteiger partial charge in [-0.3, -0.25) is 9.78 Å². The van der Waals surface area contributed by atoms with Gasteiger partial charge in [0.05, 0.1) is 11.3 Å². The monoisotopic (exact) mass is 360 g/mol.